The van der Waals surface area contributed by atoms with Gasteiger partial charge in [0.15, 0.2) is 0 Å². The molecule has 194 valence electrons. The predicted octanol–water partition coefficient (Wildman–Crippen LogP) is 6.53. The summed E-state index contributed by atoms with van der Waals surface area (Å²) in [6, 6.07) is 25.5. The molecular weight excluding hydrogens is 480 g/mol. The van der Waals surface area contributed by atoms with E-state index in [4.69, 9.17) is 11.6 Å². The molecule has 1 saturated carbocycles. The highest BCUT2D eigenvalue weighted by molar-refractivity contribution is 6.30. The van der Waals surface area contributed by atoms with E-state index in [1.54, 1.807) is 4.90 Å². The van der Waals surface area contributed by atoms with E-state index >= 15 is 0 Å². The number of aryl methyl sites for hydroxylation is 2. The molecule has 0 heterocycles. The Balaban J connectivity index is 1.59. The largest absolute Gasteiger partial charge is 0.352 e. The average Bonchev–Trinajstić information content (AvgIpc) is 3.43. The maximum atomic E-state index is 13.8. The molecule has 2 amide bonds. The summed E-state index contributed by atoms with van der Waals surface area (Å²) < 4.78 is 0. The summed E-state index contributed by atoms with van der Waals surface area (Å²) in [4.78, 5) is 29.3. The molecule has 1 aliphatic rings. The van der Waals surface area contributed by atoms with Gasteiger partial charge in [0.25, 0.3) is 0 Å². The first-order chi connectivity index (χ1) is 18.0. The van der Waals surface area contributed by atoms with E-state index in [1.165, 1.54) is 5.56 Å². The van der Waals surface area contributed by atoms with Gasteiger partial charge in [-0.3, -0.25) is 9.59 Å². The van der Waals surface area contributed by atoms with Gasteiger partial charge in [-0.15, -0.1) is 0 Å². The van der Waals surface area contributed by atoms with Crippen molar-refractivity contribution in [2.45, 2.75) is 76.9 Å². The van der Waals surface area contributed by atoms with Crippen LogP contribution in [0.1, 0.15) is 61.3 Å². The van der Waals surface area contributed by atoms with Gasteiger partial charge in [0.05, 0.1) is 0 Å². The lowest BCUT2D eigenvalue weighted by Gasteiger charge is -2.32. The highest BCUT2D eigenvalue weighted by atomic mass is 35.5. The van der Waals surface area contributed by atoms with Gasteiger partial charge < -0.3 is 10.2 Å². The second-order valence-corrected chi connectivity index (χ2v) is 10.5. The molecule has 37 heavy (non-hydrogen) atoms. The molecule has 0 spiro atoms. The summed E-state index contributed by atoms with van der Waals surface area (Å²) in [6.07, 6.45) is 6.71. The van der Waals surface area contributed by atoms with Crippen LogP contribution in [0.15, 0.2) is 78.9 Å². The molecule has 0 aliphatic heterocycles. The van der Waals surface area contributed by atoms with Crippen molar-refractivity contribution in [3.8, 4) is 0 Å². The molecule has 4 rings (SSSR count). The Morgan fingerprint density at radius 2 is 1.57 bits per heavy atom. The predicted molar refractivity (Wildman–Crippen MR) is 150 cm³/mol. The van der Waals surface area contributed by atoms with Gasteiger partial charge in [-0.25, -0.2) is 0 Å². The summed E-state index contributed by atoms with van der Waals surface area (Å²) in [6.45, 7) is 2.47. The Hall–Kier alpha value is -3.11. The molecule has 1 aliphatic carbocycles. The zero-order chi connectivity index (χ0) is 26.0. The third-order valence-corrected chi connectivity index (χ3v) is 7.51. The van der Waals surface area contributed by atoms with E-state index in [2.05, 4.69) is 36.5 Å². The first-order valence-corrected chi connectivity index (χ1v) is 13.9. The van der Waals surface area contributed by atoms with Crippen LogP contribution in [-0.2, 0) is 35.4 Å². The number of hydrogen-bond acceptors (Lipinski definition) is 2. The fraction of sp³-hybridized carbons (Fsp3) is 0.375. The molecule has 4 nitrogen and oxygen atoms in total. The molecule has 1 atom stereocenters. The maximum Gasteiger partial charge on any atom is 0.243 e. The molecule has 1 fully saturated rings. The lowest BCUT2D eigenvalue weighted by atomic mass is 10.0. The van der Waals surface area contributed by atoms with Crippen LogP contribution in [0.25, 0.3) is 0 Å². The van der Waals surface area contributed by atoms with Crippen LogP contribution in [0.5, 0.6) is 0 Å². The summed E-state index contributed by atoms with van der Waals surface area (Å²) in [5.41, 5.74) is 4.36. The van der Waals surface area contributed by atoms with Crippen LogP contribution < -0.4 is 5.32 Å². The number of carbonyl (C=O) groups is 2. The van der Waals surface area contributed by atoms with Crippen molar-refractivity contribution in [3.63, 3.8) is 0 Å². The second-order valence-electron chi connectivity index (χ2n) is 10.0. The van der Waals surface area contributed by atoms with Gasteiger partial charge in [-0.2, -0.15) is 0 Å². The number of benzene rings is 3. The lowest BCUT2D eigenvalue weighted by Crippen LogP contribution is -2.52. The highest BCUT2D eigenvalue weighted by Crippen LogP contribution is 2.22. The topological polar surface area (TPSA) is 49.4 Å². The number of amides is 2. The normalized spacial score (nSPS) is 14.3. The van der Waals surface area contributed by atoms with E-state index in [9.17, 15) is 9.59 Å². The summed E-state index contributed by atoms with van der Waals surface area (Å²) >= 11 is 6.28. The molecule has 0 radical (unpaired) electrons. The van der Waals surface area contributed by atoms with E-state index in [-0.39, 0.29) is 17.9 Å². The van der Waals surface area contributed by atoms with Crippen LogP contribution >= 0.6 is 11.6 Å². The van der Waals surface area contributed by atoms with Crippen molar-refractivity contribution in [3.05, 3.63) is 106 Å². The van der Waals surface area contributed by atoms with Crippen molar-refractivity contribution in [2.24, 2.45) is 0 Å². The molecule has 3 aromatic carbocycles. The number of carbonyl (C=O) groups excluding carboxylic acids is 2. The van der Waals surface area contributed by atoms with Gasteiger partial charge in [0, 0.05) is 30.5 Å². The van der Waals surface area contributed by atoms with Crippen molar-refractivity contribution in [1.29, 1.82) is 0 Å². The fourth-order valence-electron chi connectivity index (χ4n) is 5.09. The SMILES string of the molecule is CCc1ccc(CCC(=O)N(Cc2cccc(Cl)c2)C(Cc2ccccc2)C(=O)NC2CCCC2)cc1. The molecule has 5 heteroatoms. The summed E-state index contributed by atoms with van der Waals surface area (Å²) in [5.74, 6) is -0.0968. The number of nitrogens with one attached hydrogen (secondary N) is 1. The van der Waals surface area contributed by atoms with Gasteiger partial charge in [0.1, 0.15) is 6.04 Å². The molecule has 0 bridgehead atoms. The third-order valence-electron chi connectivity index (χ3n) is 7.27. The summed E-state index contributed by atoms with van der Waals surface area (Å²) in [7, 11) is 0. The van der Waals surface area contributed by atoms with Crippen molar-refractivity contribution >= 4 is 23.4 Å². The maximum absolute atomic E-state index is 13.8. The van der Waals surface area contributed by atoms with Crippen LogP contribution in [0.3, 0.4) is 0 Å². The first kappa shape index (κ1) is 26.9. The van der Waals surface area contributed by atoms with Gasteiger partial charge in [-0.05, 0) is 60.1 Å². The smallest absolute Gasteiger partial charge is 0.243 e. The molecular formula is C32H37ClN2O2. The van der Waals surface area contributed by atoms with E-state index in [0.29, 0.717) is 30.8 Å². The van der Waals surface area contributed by atoms with Crippen LogP contribution in [0, 0.1) is 0 Å². The highest BCUT2D eigenvalue weighted by Gasteiger charge is 2.32. The minimum absolute atomic E-state index is 0.0259. The Bertz CT molecular complexity index is 1160. The zero-order valence-electron chi connectivity index (χ0n) is 21.7. The van der Waals surface area contributed by atoms with E-state index in [0.717, 1.165) is 48.8 Å². The Labute approximate surface area is 226 Å². The molecule has 1 unspecified atom stereocenters. The number of nitrogens with zero attached hydrogens (tertiary/aromatic N) is 1. The van der Waals surface area contributed by atoms with Crippen LogP contribution in [0.4, 0.5) is 0 Å². The van der Waals surface area contributed by atoms with Crippen LogP contribution in [0.2, 0.25) is 5.02 Å². The third kappa shape index (κ3) is 7.93. The minimum atomic E-state index is -0.600. The molecule has 0 saturated heterocycles. The standard InChI is InChI=1S/C32H37ClN2O2/c1-2-24-15-17-25(18-16-24)19-20-31(36)35(23-27-11-8-12-28(33)21-27)30(22-26-9-4-3-5-10-26)32(37)34-29-13-6-7-14-29/h3-5,8-12,15-18,21,29-30H,2,6-7,13-14,19-20,22-23H2,1H3,(H,34,37). The Kier molecular flexibility index (Phi) is 9.78. The van der Waals surface area contributed by atoms with E-state index < -0.39 is 6.04 Å². The second kappa shape index (κ2) is 13.4. The zero-order valence-corrected chi connectivity index (χ0v) is 22.4. The summed E-state index contributed by atoms with van der Waals surface area (Å²) in [5, 5.41) is 3.88. The minimum Gasteiger partial charge on any atom is -0.352 e. The fourth-order valence-corrected chi connectivity index (χ4v) is 5.30. The molecule has 0 aromatic heterocycles. The number of halogens is 1. The van der Waals surface area contributed by atoms with Gasteiger partial charge in [0.2, 0.25) is 11.8 Å². The van der Waals surface area contributed by atoms with Crippen molar-refractivity contribution in [1.82, 2.24) is 10.2 Å². The van der Waals surface area contributed by atoms with Gasteiger partial charge >= 0.3 is 0 Å². The van der Waals surface area contributed by atoms with Gasteiger partial charge in [-0.1, -0.05) is 98.1 Å². The Morgan fingerprint density at radius 1 is 0.892 bits per heavy atom. The lowest BCUT2D eigenvalue weighted by molar-refractivity contribution is -0.141. The average molecular weight is 517 g/mol. The first-order valence-electron chi connectivity index (χ1n) is 13.5. The van der Waals surface area contributed by atoms with Crippen molar-refractivity contribution in [2.75, 3.05) is 0 Å². The number of rotatable bonds is 11. The van der Waals surface area contributed by atoms with Crippen LogP contribution in [-0.4, -0.2) is 28.8 Å². The number of hydrogen-bond donors (Lipinski definition) is 1. The van der Waals surface area contributed by atoms with Crippen molar-refractivity contribution < 1.29 is 9.59 Å². The van der Waals surface area contributed by atoms with E-state index in [1.807, 2.05) is 54.6 Å². The quantitative estimate of drug-likeness (QED) is 0.315. The monoisotopic (exact) mass is 516 g/mol. The molecule has 1 N–H and O–H groups in total. The molecule has 3 aromatic rings. The Morgan fingerprint density at radius 3 is 2.24 bits per heavy atom.